The number of ketones is 1. The molecule has 0 aromatic rings. The summed E-state index contributed by atoms with van der Waals surface area (Å²) in [6.07, 6.45) is 5.35. The summed E-state index contributed by atoms with van der Waals surface area (Å²) in [5.74, 6) is 0.842. The lowest BCUT2D eigenvalue weighted by Crippen LogP contribution is -2.27. The van der Waals surface area contributed by atoms with E-state index >= 15 is 0 Å². The van der Waals surface area contributed by atoms with Gasteiger partial charge in [-0.15, -0.1) is 0 Å². The van der Waals surface area contributed by atoms with Crippen LogP contribution in [0.4, 0.5) is 0 Å². The largest absolute Gasteiger partial charge is 0.299 e. The summed E-state index contributed by atoms with van der Waals surface area (Å²) in [4.78, 5) is 12.0. The van der Waals surface area contributed by atoms with Gasteiger partial charge in [-0.1, -0.05) is 46.3 Å². The van der Waals surface area contributed by atoms with Crippen LogP contribution in [0.1, 0.15) is 60.8 Å². The fourth-order valence-corrected chi connectivity index (χ4v) is 2.73. The molecular formula is C15H26O. The minimum atomic E-state index is -0.191. The molecule has 1 heteroatoms. The van der Waals surface area contributed by atoms with E-state index in [2.05, 4.69) is 26.8 Å². The van der Waals surface area contributed by atoms with Gasteiger partial charge in [-0.25, -0.2) is 0 Å². The van der Waals surface area contributed by atoms with Crippen molar-refractivity contribution in [2.24, 2.45) is 16.7 Å². The first-order chi connectivity index (χ1) is 7.10. The Labute approximate surface area is 100 Å². The molecule has 0 aromatic heterocycles. The summed E-state index contributed by atoms with van der Waals surface area (Å²) in [6.45, 7) is 12.8. The average molecular weight is 222 g/mol. The van der Waals surface area contributed by atoms with Gasteiger partial charge in [0.05, 0.1) is 0 Å². The highest BCUT2D eigenvalue weighted by molar-refractivity contribution is 5.84. The van der Waals surface area contributed by atoms with Crippen molar-refractivity contribution in [1.29, 1.82) is 0 Å². The number of allylic oxidation sites excluding steroid dienone is 2. The van der Waals surface area contributed by atoms with Crippen LogP contribution in [-0.4, -0.2) is 5.78 Å². The van der Waals surface area contributed by atoms with Crippen LogP contribution in [-0.2, 0) is 4.79 Å². The molecule has 0 N–H and O–H groups in total. The number of Topliss-reactive ketones (excluding diaryl/α,β-unsaturated/α-hetero) is 1. The Balaban J connectivity index is 2.69. The molecule has 0 radical (unpaired) electrons. The van der Waals surface area contributed by atoms with E-state index in [4.69, 9.17) is 0 Å². The van der Waals surface area contributed by atoms with Gasteiger partial charge in [0.2, 0.25) is 0 Å². The molecule has 0 heterocycles. The number of carbonyl (C=O) groups is 1. The Hall–Kier alpha value is -0.590. The van der Waals surface area contributed by atoms with Gasteiger partial charge in [0.25, 0.3) is 0 Å². The normalized spacial score (nSPS) is 25.1. The van der Waals surface area contributed by atoms with E-state index in [1.165, 1.54) is 12.0 Å². The topological polar surface area (TPSA) is 17.1 Å². The standard InChI is InChI=1S/C15H26O/c1-11-7-12(10-15(5,6)9-11)8-13(16)14(2,3)4/h7,12H,8-10H2,1-6H3. The Morgan fingerprint density at radius 2 is 2.00 bits per heavy atom. The molecule has 1 aliphatic rings. The van der Waals surface area contributed by atoms with E-state index < -0.39 is 0 Å². The Bertz CT molecular complexity index is 302. The average Bonchev–Trinajstić information content (AvgIpc) is 1.97. The van der Waals surface area contributed by atoms with Gasteiger partial charge in [0.15, 0.2) is 0 Å². The van der Waals surface area contributed by atoms with Gasteiger partial charge in [0.1, 0.15) is 5.78 Å². The molecular weight excluding hydrogens is 196 g/mol. The number of rotatable bonds is 2. The fraction of sp³-hybridized carbons (Fsp3) is 0.800. The summed E-state index contributed by atoms with van der Waals surface area (Å²) >= 11 is 0. The molecule has 1 atom stereocenters. The molecule has 0 aromatic carbocycles. The van der Waals surface area contributed by atoms with Crippen molar-refractivity contribution < 1.29 is 4.79 Å². The first-order valence-electron chi connectivity index (χ1n) is 6.31. The monoisotopic (exact) mass is 222 g/mol. The maximum absolute atomic E-state index is 12.0. The highest BCUT2D eigenvalue weighted by atomic mass is 16.1. The maximum Gasteiger partial charge on any atom is 0.138 e. The smallest absolute Gasteiger partial charge is 0.138 e. The van der Waals surface area contributed by atoms with Crippen LogP contribution in [0.2, 0.25) is 0 Å². The third-order valence-electron chi connectivity index (χ3n) is 3.38. The quantitative estimate of drug-likeness (QED) is 0.634. The Morgan fingerprint density at radius 1 is 1.44 bits per heavy atom. The summed E-state index contributed by atoms with van der Waals surface area (Å²) in [5, 5.41) is 0. The van der Waals surface area contributed by atoms with Crippen LogP contribution >= 0.6 is 0 Å². The van der Waals surface area contributed by atoms with Crippen molar-refractivity contribution in [3.63, 3.8) is 0 Å². The number of carbonyl (C=O) groups excluding carboxylic acids is 1. The highest BCUT2D eigenvalue weighted by Crippen LogP contribution is 2.40. The van der Waals surface area contributed by atoms with E-state index in [0.717, 1.165) is 6.42 Å². The third kappa shape index (κ3) is 3.77. The molecule has 1 unspecified atom stereocenters. The summed E-state index contributed by atoms with van der Waals surface area (Å²) < 4.78 is 0. The van der Waals surface area contributed by atoms with Crippen molar-refractivity contribution in [2.75, 3.05) is 0 Å². The molecule has 0 fully saturated rings. The SMILES string of the molecule is CC1=CC(CC(=O)C(C)(C)C)CC(C)(C)C1. The zero-order chi connectivity index (χ0) is 12.6. The van der Waals surface area contributed by atoms with Gasteiger partial charge < -0.3 is 0 Å². The van der Waals surface area contributed by atoms with Crippen LogP contribution in [0.25, 0.3) is 0 Å². The van der Waals surface area contributed by atoms with Crippen molar-refractivity contribution in [3.05, 3.63) is 11.6 Å². The van der Waals surface area contributed by atoms with Crippen molar-refractivity contribution in [1.82, 2.24) is 0 Å². The molecule has 1 nitrogen and oxygen atoms in total. The first-order valence-corrected chi connectivity index (χ1v) is 6.31. The third-order valence-corrected chi connectivity index (χ3v) is 3.38. The van der Waals surface area contributed by atoms with E-state index in [1.54, 1.807) is 0 Å². The fourth-order valence-electron chi connectivity index (χ4n) is 2.73. The molecule has 0 bridgehead atoms. The van der Waals surface area contributed by atoms with Crippen LogP contribution in [0.3, 0.4) is 0 Å². The molecule has 0 saturated heterocycles. The number of hydrogen-bond donors (Lipinski definition) is 0. The molecule has 1 rings (SSSR count). The van der Waals surface area contributed by atoms with Crippen LogP contribution in [0.15, 0.2) is 11.6 Å². The van der Waals surface area contributed by atoms with Crippen LogP contribution in [0, 0.1) is 16.7 Å². The number of hydrogen-bond acceptors (Lipinski definition) is 1. The summed E-state index contributed by atoms with van der Waals surface area (Å²) in [5.41, 5.74) is 1.62. The molecule has 0 saturated carbocycles. The minimum absolute atomic E-state index is 0.191. The first kappa shape index (κ1) is 13.5. The second-order valence-electron chi connectivity index (χ2n) is 7.20. The van der Waals surface area contributed by atoms with E-state index in [9.17, 15) is 4.79 Å². The minimum Gasteiger partial charge on any atom is -0.299 e. The predicted molar refractivity (Wildman–Crippen MR) is 69.3 cm³/mol. The van der Waals surface area contributed by atoms with Gasteiger partial charge in [0, 0.05) is 11.8 Å². The lowest BCUT2D eigenvalue weighted by molar-refractivity contribution is -0.127. The molecule has 0 spiro atoms. The molecule has 0 amide bonds. The molecule has 16 heavy (non-hydrogen) atoms. The van der Waals surface area contributed by atoms with E-state index in [1.807, 2.05) is 20.8 Å². The van der Waals surface area contributed by atoms with Gasteiger partial charge in [-0.05, 0) is 31.1 Å². The zero-order valence-electron chi connectivity index (χ0n) is 11.7. The summed E-state index contributed by atoms with van der Waals surface area (Å²) in [6, 6.07) is 0. The van der Waals surface area contributed by atoms with Crippen molar-refractivity contribution in [3.8, 4) is 0 Å². The Kier molecular flexibility index (Phi) is 3.66. The highest BCUT2D eigenvalue weighted by Gasteiger charge is 2.30. The van der Waals surface area contributed by atoms with Crippen LogP contribution < -0.4 is 0 Å². The molecule has 0 aliphatic heterocycles. The predicted octanol–water partition coefficient (Wildman–Crippen LogP) is 4.37. The van der Waals surface area contributed by atoms with E-state index in [0.29, 0.717) is 23.5 Å². The van der Waals surface area contributed by atoms with Crippen molar-refractivity contribution >= 4 is 5.78 Å². The zero-order valence-corrected chi connectivity index (χ0v) is 11.7. The van der Waals surface area contributed by atoms with Gasteiger partial charge in [-0.3, -0.25) is 4.79 Å². The van der Waals surface area contributed by atoms with Crippen LogP contribution in [0.5, 0.6) is 0 Å². The van der Waals surface area contributed by atoms with Gasteiger partial charge >= 0.3 is 0 Å². The lowest BCUT2D eigenvalue weighted by atomic mass is 9.70. The maximum atomic E-state index is 12.0. The second kappa shape index (κ2) is 4.35. The van der Waals surface area contributed by atoms with Crippen molar-refractivity contribution in [2.45, 2.75) is 60.8 Å². The summed E-state index contributed by atoms with van der Waals surface area (Å²) in [7, 11) is 0. The van der Waals surface area contributed by atoms with Gasteiger partial charge in [-0.2, -0.15) is 0 Å². The lowest BCUT2D eigenvalue weighted by Gasteiger charge is -2.34. The molecule has 1 aliphatic carbocycles. The van der Waals surface area contributed by atoms with E-state index in [-0.39, 0.29) is 5.41 Å². The second-order valence-corrected chi connectivity index (χ2v) is 7.20. The molecule has 92 valence electrons. The Morgan fingerprint density at radius 3 is 2.44 bits per heavy atom.